The van der Waals surface area contributed by atoms with Gasteiger partial charge in [0.25, 0.3) is 0 Å². The van der Waals surface area contributed by atoms with Gasteiger partial charge in [0.1, 0.15) is 0 Å². The molecule has 2 N–H and O–H groups in total. The molecular formula is C27H28Cl2N4O2. The molecule has 0 radical (unpaired) electrons. The fraction of sp³-hybridized carbons (Fsp3) is 0.259. The van der Waals surface area contributed by atoms with Crippen molar-refractivity contribution < 1.29 is 9.59 Å². The second kappa shape index (κ2) is 12.0. The molecule has 4 rings (SSSR count). The van der Waals surface area contributed by atoms with Crippen LogP contribution in [0.1, 0.15) is 18.4 Å². The van der Waals surface area contributed by atoms with Crippen molar-refractivity contribution in [2.75, 3.05) is 41.7 Å². The number of rotatable bonds is 7. The molecule has 1 heterocycles. The first-order valence-corrected chi connectivity index (χ1v) is 12.4. The lowest BCUT2D eigenvalue weighted by atomic mass is 10.1. The average molecular weight is 511 g/mol. The van der Waals surface area contributed by atoms with Gasteiger partial charge in [-0.3, -0.25) is 4.79 Å². The van der Waals surface area contributed by atoms with E-state index in [1.807, 2.05) is 42.5 Å². The van der Waals surface area contributed by atoms with Gasteiger partial charge in [-0.05, 0) is 54.8 Å². The van der Waals surface area contributed by atoms with Crippen molar-refractivity contribution in [3.63, 3.8) is 0 Å². The molecule has 1 aliphatic heterocycles. The summed E-state index contributed by atoms with van der Waals surface area (Å²) in [5.74, 6) is 0.0203. The maximum absolute atomic E-state index is 12.7. The number of halogens is 2. The van der Waals surface area contributed by atoms with Crippen molar-refractivity contribution in [2.45, 2.75) is 19.3 Å². The summed E-state index contributed by atoms with van der Waals surface area (Å²) in [6.07, 6.45) is 2.19. The molecule has 0 atom stereocenters. The number of nitrogens with one attached hydrogen (secondary N) is 2. The zero-order valence-electron chi connectivity index (χ0n) is 19.3. The lowest BCUT2D eigenvalue weighted by Gasteiger charge is -2.36. The van der Waals surface area contributed by atoms with Crippen molar-refractivity contribution in [3.05, 3.63) is 88.4 Å². The Hall–Kier alpha value is -3.22. The number of hydrogen-bond acceptors (Lipinski definition) is 3. The van der Waals surface area contributed by atoms with Gasteiger partial charge in [0.2, 0.25) is 5.91 Å². The maximum atomic E-state index is 12.7. The molecule has 3 aromatic rings. The van der Waals surface area contributed by atoms with Crippen LogP contribution in [-0.4, -0.2) is 43.0 Å². The third kappa shape index (κ3) is 6.90. The molecule has 0 aliphatic carbocycles. The summed E-state index contributed by atoms with van der Waals surface area (Å²) in [6, 6.07) is 22.9. The minimum Gasteiger partial charge on any atom is -0.368 e. The van der Waals surface area contributed by atoms with Crippen LogP contribution in [-0.2, 0) is 11.2 Å². The highest BCUT2D eigenvalue weighted by molar-refractivity contribution is 6.39. The van der Waals surface area contributed by atoms with E-state index in [-0.39, 0.29) is 11.9 Å². The molecule has 0 unspecified atom stereocenters. The highest BCUT2D eigenvalue weighted by atomic mass is 35.5. The Balaban J connectivity index is 1.22. The van der Waals surface area contributed by atoms with Gasteiger partial charge in [-0.25, -0.2) is 4.79 Å². The fourth-order valence-electron chi connectivity index (χ4n) is 4.05. The molecule has 0 spiro atoms. The molecule has 1 saturated heterocycles. The second-order valence-electron chi connectivity index (χ2n) is 8.44. The van der Waals surface area contributed by atoms with Gasteiger partial charge in [-0.1, -0.05) is 59.6 Å². The first-order valence-electron chi connectivity index (χ1n) is 11.7. The zero-order chi connectivity index (χ0) is 24.6. The van der Waals surface area contributed by atoms with Gasteiger partial charge in [0.05, 0.1) is 15.7 Å². The number of aryl methyl sites for hydroxylation is 1. The van der Waals surface area contributed by atoms with E-state index >= 15 is 0 Å². The van der Waals surface area contributed by atoms with Gasteiger partial charge in [-0.15, -0.1) is 0 Å². The maximum Gasteiger partial charge on any atom is 0.322 e. The predicted molar refractivity (Wildman–Crippen MR) is 144 cm³/mol. The number of urea groups is 1. The monoisotopic (exact) mass is 510 g/mol. The van der Waals surface area contributed by atoms with Gasteiger partial charge in [0, 0.05) is 44.0 Å². The minimum atomic E-state index is -0.218. The molecule has 0 saturated carbocycles. The number of carbonyl (C=O) groups is 2. The van der Waals surface area contributed by atoms with Crippen molar-refractivity contribution >= 4 is 52.2 Å². The normalized spacial score (nSPS) is 13.4. The van der Waals surface area contributed by atoms with Gasteiger partial charge in [-0.2, -0.15) is 0 Å². The van der Waals surface area contributed by atoms with E-state index in [4.69, 9.17) is 23.2 Å². The highest BCUT2D eigenvalue weighted by Gasteiger charge is 2.22. The Morgan fingerprint density at radius 2 is 1.43 bits per heavy atom. The SMILES string of the molecule is O=C(CCCc1ccccc1)Nc1ccc(N2CCN(C(=O)Nc3c(Cl)cccc3Cl)CC2)cc1. The molecule has 1 fully saturated rings. The van der Waals surface area contributed by atoms with Crippen LogP contribution in [0.2, 0.25) is 10.0 Å². The third-order valence-electron chi connectivity index (χ3n) is 5.99. The first-order chi connectivity index (χ1) is 17.0. The summed E-state index contributed by atoms with van der Waals surface area (Å²) in [5.41, 5.74) is 3.52. The quantitative estimate of drug-likeness (QED) is 0.391. The van der Waals surface area contributed by atoms with E-state index in [2.05, 4.69) is 27.7 Å². The molecule has 0 bridgehead atoms. The molecule has 8 heteroatoms. The van der Waals surface area contributed by atoms with Crippen LogP contribution in [0.5, 0.6) is 0 Å². The number of nitrogens with zero attached hydrogens (tertiary/aromatic N) is 2. The number of benzene rings is 3. The van der Waals surface area contributed by atoms with E-state index in [1.165, 1.54) is 5.56 Å². The largest absolute Gasteiger partial charge is 0.368 e. The summed E-state index contributed by atoms with van der Waals surface area (Å²) in [4.78, 5) is 28.9. The summed E-state index contributed by atoms with van der Waals surface area (Å²) in [6.45, 7) is 2.56. The van der Waals surface area contributed by atoms with Crippen LogP contribution < -0.4 is 15.5 Å². The van der Waals surface area contributed by atoms with E-state index < -0.39 is 0 Å². The van der Waals surface area contributed by atoms with Crippen molar-refractivity contribution in [1.29, 1.82) is 0 Å². The number of amides is 3. The lowest BCUT2D eigenvalue weighted by molar-refractivity contribution is -0.116. The standard InChI is InChI=1S/C27H28Cl2N4O2/c28-23-9-5-10-24(29)26(23)31-27(35)33-18-16-32(17-19-33)22-14-12-21(13-15-22)30-25(34)11-4-8-20-6-2-1-3-7-20/h1-3,5-7,9-10,12-15H,4,8,11,16-19H2,(H,30,34)(H,31,35). The van der Waals surface area contributed by atoms with Gasteiger partial charge in [0.15, 0.2) is 0 Å². The highest BCUT2D eigenvalue weighted by Crippen LogP contribution is 2.30. The first kappa shape index (κ1) is 24.9. The molecule has 35 heavy (non-hydrogen) atoms. The molecule has 3 amide bonds. The third-order valence-corrected chi connectivity index (χ3v) is 6.62. The zero-order valence-corrected chi connectivity index (χ0v) is 20.9. The number of anilines is 3. The smallest absolute Gasteiger partial charge is 0.322 e. The number of piperazine rings is 1. The van der Waals surface area contributed by atoms with Crippen molar-refractivity contribution in [3.8, 4) is 0 Å². The van der Waals surface area contributed by atoms with Crippen LogP contribution in [0.4, 0.5) is 21.9 Å². The van der Waals surface area contributed by atoms with Crippen molar-refractivity contribution in [2.24, 2.45) is 0 Å². The van der Waals surface area contributed by atoms with Crippen molar-refractivity contribution in [1.82, 2.24) is 4.90 Å². The Kier molecular flexibility index (Phi) is 8.50. The van der Waals surface area contributed by atoms with E-state index in [1.54, 1.807) is 23.1 Å². The van der Waals surface area contributed by atoms with E-state index in [0.717, 1.165) is 24.2 Å². The lowest BCUT2D eigenvalue weighted by Crippen LogP contribution is -2.50. The summed E-state index contributed by atoms with van der Waals surface area (Å²) in [5, 5.41) is 6.61. The van der Waals surface area contributed by atoms with Gasteiger partial charge >= 0.3 is 6.03 Å². The number of carbonyl (C=O) groups excluding carboxylic acids is 2. The topological polar surface area (TPSA) is 64.7 Å². The molecular weight excluding hydrogens is 483 g/mol. The van der Waals surface area contributed by atoms with Crippen LogP contribution in [0.25, 0.3) is 0 Å². The van der Waals surface area contributed by atoms with Crippen LogP contribution in [0.3, 0.4) is 0 Å². The summed E-state index contributed by atoms with van der Waals surface area (Å²) in [7, 11) is 0. The fourth-order valence-corrected chi connectivity index (χ4v) is 4.54. The molecule has 182 valence electrons. The molecule has 1 aliphatic rings. The molecule has 3 aromatic carbocycles. The Morgan fingerprint density at radius 1 is 0.771 bits per heavy atom. The Morgan fingerprint density at radius 3 is 2.09 bits per heavy atom. The average Bonchev–Trinajstić information content (AvgIpc) is 2.87. The Labute approximate surface area is 215 Å². The van der Waals surface area contributed by atoms with Crippen LogP contribution in [0.15, 0.2) is 72.8 Å². The van der Waals surface area contributed by atoms with E-state index in [9.17, 15) is 9.59 Å². The van der Waals surface area contributed by atoms with Crippen LogP contribution >= 0.6 is 23.2 Å². The number of hydrogen-bond donors (Lipinski definition) is 2. The summed E-state index contributed by atoms with van der Waals surface area (Å²) >= 11 is 12.3. The number of para-hydroxylation sites is 1. The van der Waals surface area contributed by atoms with Gasteiger partial charge < -0.3 is 20.4 Å². The Bertz CT molecular complexity index is 1130. The second-order valence-corrected chi connectivity index (χ2v) is 9.25. The minimum absolute atomic E-state index is 0.0203. The van der Waals surface area contributed by atoms with Crippen LogP contribution in [0, 0.1) is 0 Å². The predicted octanol–water partition coefficient (Wildman–Crippen LogP) is 6.31. The molecule has 0 aromatic heterocycles. The molecule has 6 nitrogen and oxygen atoms in total. The van der Waals surface area contributed by atoms with E-state index in [0.29, 0.717) is 48.3 Å². The summed E-state index contributed by atoms with van der Waals surface area (Å²) < 4.78 is 0.